The summed E-state index contributed by atoms with van der Waals surface area (Å²) in [6.45, 7) is 5.85. The lowest BCUT2D eigenvalue weighted by molar-refractivity contribution is -0.256. The van der Waals surface area contributed by atoms with Crippen LogP contribution in [0.5, 0.6) is 0 Å². The summed E-state index contributed by atoms with van der Waals surface area (Å²) in [6, 6.07) is 0. The average Bonchev–Trinajstić information content (AvgIpc) is 2.68. The molecule has 0 spiro atoms. The maximum atomic E-state index is 11.7. The van der Waals surface area contributed by atoms with Gasteiger partial charge in [0.15, 0.2) is 6.29 Å². The topological polar surface area (TPSA) is 136 Å². The van der Waals surface area contributed by atoms with Crippen LogP contribution in [0.1, 0.15) is 39.5 Å². The molecule has 0 radical (unpaired) electrons. The normalized spacial score (nSPS) is 24.8. The Morgan fingerprint density at radius 1 is 1.14 bits per heavy atom. The van der Waals surface area contributed by atoms with Crippen molar-refractivity contribution in [3.8, 4) is 0 Å². The van der Waals surface area contributed by atoms with Gasteiger partial charge in [-0.05, 0) is 26.7 Å². The van der Waals surface area contributed by atoms with Crippen LogP contribution in [0.2, 0.25) is 0 Å². The quantitative estimate of drug-likeness (QED) is 0.192. The predicted octanol–water partition coefficient (Wildman–Crippen LogP) is -0.466. The number of carbonyl (C=O) groups is 1. The molecule has 0 saturated carbocycles. The fourth-order valence-electron chi connectivity index (χ4n) is 2.59. The molecule has 1 rings (SSSR count). The molecule has 4 unspecified atom stereocenters. The zero-order valence-electron chi connectivity index (χ0n) is 17.5. The molecule has 0 aromatic carbocycles. The SMILES string of the molecule is CC(C)OCOCCOCCNC(=O)CCCCOC1CC(O)C(O)C(CO)O1. The van der Waals surface area contributed by atoms with Crippen molar-refractivity contribution in [1.29, 1.82) is 0 Å². The fraction of sp³-hybridized carbons (Fsp3) is 0.947. The van der Waals surface area contributed by atoms with Gasteiger partial charge in [-0.2, -0.15) is 0 Å². The molecule has 10 heteroatoms. The van der Waals surface area contributed by atoms with Crippen molar-refractivity contribution in [1.82, 2.24) is 5.32 Å². The summed E-state index contributed by atoms with van der Waals surface area (Å²) in [6.07, 6.45) is -1.65. The van der Waals surface area contributed by atoms with Gasteiger partial charge in [-0.3, -0.25) is 4.79 Å². The van der Waals surface area contributed by atoms with Gasteiger partial charge in [-0.25, -0.2) is 0 Å². The summed E-state index contributed by atoms with van der Waals surface area (Å²) in [5.41, 5.74) is 0. The summed E-state index contributed by atoms with van der Waals surface area (Å²) in [7, 11) is 0. The van der Waals surface area contributed by atoms with Gasteiger partial charge in [0.25, 0.3) is 0 Å². The van der Waals surface area contributed by atoms with E-state index in [0.29, 0.717) is 52.2 Å². The fourth-order valence-corrected chi connectivity index (χ4v) is 2.59. The smallest absolute Gasteiger partial charge is 0.220 e. The maximum absolute atomic E-state index is 11.7. The van der Waals surface area contributed by atoms with Gasteiger partial charge >= 0.3 is 0 Å². The lowest BCUT2D eigenvalue weighted by Gasteiger charge is -2.36. The van der Waals surface area contributed by atoms with E-state index in [4.69, 9.17) is 28.8 Å². The second-order valence-electron chi connectivity index (χ2n) is 7.11. The van der Waals surface area contributed by atoms with Crippen molar-refractivity contribution in [2.24, 2.45) is 0 Å². The number of aliphatic hydroxyl groups excluding tert-OH is 3. The van der Waals surface area contributed by atoms with Crippen LogP contribution in [0.15, 0.2) is 0 Å². The van der Waals surface area contributed by atoms with E-state index >= 15 is 0 Å². The van der Waals surface area contributed by atoms with Crippen LogP contribution in [0.25, 0.3) is 0 Å². The monoisotopic (exact) mass is 423 g/mol. The number of carbonyl (C=O) groups excluding carboxylic acids is 1. The van der Waals surface area contributed by atoms with Gasteiger partial charge < -0.3 is 44.3 Å². The van der Waals surface area contributed by atoms with Crippen LogP contribution in [0, 0.1) is 0 Å². The van der Waals surface area contributed by atoms with Gasteiger partial charge in [0, 0.05) is 26.0 Å². The van der Waals surface area contributed by atoms with Crippen molar-refractivity contribution in [3.63, 3.8) is 0 Å². The minimum atomic E-state index is -1.11. The van der Waals surface area contributed by atoms with E-state index in [-0.39, 0.29) is 31.8 Å². The zero-order valence-corrected chi connectivity index (χ0v) is 17.5. The molecular formula is C19H37NO9. The van der Waals surface area contributed by atoms with Gasteiger partial charge in [-0.15, -0.1) is 0 Å². The van der Waals surface area contributed by atoms with Crippen LogP contribution in [-0.4, -0.2) is 98.3 Å². The van der Waals surface area contributed by atoms with Gasteiger partial charge in [0.05, 0.1) is 38.6 Å². The van der Waals surface area contributed by atoms with Crippen molar-refractivity contribution >= 4 is 5.91 Å². The van der Waals surface area contributed by atoms with Crippen molar-refractivity contribution in [2.45, 2.75) is 70.2 Å². The van der Waals surface area contributed by atoms with E-state index in [1.807, 2.05) is 13.8 Å². The van der Waals surface area contributed by atoms with Gasteiger partial charge in [0.2, 0.25) is 5.91 Å². The Hall–Kier alpha value is -0.850. The van der Waals surface area contributed by atoms with E-state index in [1.165, 1.54) is 0 Å². The predicted molar refractivity (Wildman–Crippen MR) is 103 cm³/mol. The number of aliphatic hydroxyl groups is 3. The Bertz CT molecular complexity index is 424. The molecule has 4 atom stereocenters. The summed E-state index contributed by atoms with van der Waals surface area (Å²) < 4.78 is 26.7. The van der Waals surface area contributed by atoms with E-state index in [2.05, 4.69) is 5.32 Å². The van der Waals surface area contributed by atoms with E-state index < -0.39 is 24.6 Å². The Balaban J connectivity index is 1.92. The molecule has 1 aliphatic rings. The number of hydrogen-bond donors (Lipinski definition) is 4. The highest BCUT2D eigenvalue weighted by Crippen LogP contribution is 2.21. The lowest BCUT2D eigenvalue weighted by Crippen LogP contribution is -2.50. The molecule has 1 aliphatic heterocycles. The first-order chi connectivity index (χ1) is 13.9. The molecule has 0 aromatic rings. The molecule has 4 N–H and O–H groups in total. The second kappa shape index (κ2) is 15.9. The molecule has 10 nitrogen and oxygen atoms in total. The van der Waals surface area contributed by atoms with Crippen molar-refractivity contribution in [3.05, 3.63) is 0 Å². The largest absolute Gasteiger partial charge is 0.394 e. The third kappa shape index (κ3) is 12.4. The average molecular weight is 424 g/mol. The molecule has 0 bridgehead atoms. The van der Waals surface area contributed by atoms with Gasteiger partial charge in [-0.1, -0.05) is 0 Å². The standard InChI is InChI=1S/C19H37NO9/c1-14(2)28-13-26-10-9-25-8-6-20-17(23)5-3-4-7-27-18-11-15(22)19(24)16(12-21)29-18/h14-16,18-19,21-22,24H,3-13H2,1-2H3,(H,20,23). The van der Waals surface area contributed by atoms with E-state index in [0.717, 1.165) is 0 Å². The Morgan fingerprint density at radius 3 is 2.62 bits per heavy atom. The maximum Gasteiger partial charge on any atom is 0.220 e. The first kappa shape index (κ1) is 26.2. The highest BCUT2D eigenvalue weighted by Gasteiger charge is 2.36. The number of ether oxygens (including phenoxy) is 5. The van der Waals surface area contributed by atoms with Crippen LogP contribution in [-0.2, 0) is 28.5 Å². The first-order valence-corrected chi connectivity index (χ1v) is 10.2. The molecular weight excluding hydrogens is 386 g/mol. The summed E-state index contributed by atoms with van der Waals surface area (Å²) in [4.78, 5) is 11.7. The van der Waals surface area contributed by atoms with Crippen molar-refractivity contribution in [2.75, 3.05) is 46.4 Å². The summed E-state index contributed by atoms with van der Waals surface area (Å²) in [5.74, 6) is -0.0528. The van der Waals surface area contributed by atoms with E-state index in [1.54, 1.807) is 0 Å². The minimum Gasteiger partial charge on any atom is -0.394 e. The first-order valence-electron chi connectivity index (χ1n) is 10.2. The molecule has 0 aliphatic carbocycles. The Labute approximate surface area is 172 Å². The number of hydrogen-bond acceptors (Lipinski definition) is 9. The number of unbranched alkanes of at least 4 members (excludes halogenated alkanes) is 1. The summed E-state index contributed by atoms with van der Waals surface area (Å²) in [5, 5.41) is 31.3. The minimum absolute atomic E-state index is 0.0528. The molecule has 1 saturated heterocycles. The molecule has 172 valence electrons. The van der Waals surface area contributed by atoms with Crippen LogP contribution >= 0.6 is 0 Å². The Kier molecular flexibility index (Phi) is 14.4. The third-order valence-electron chi connectivity index (χ3n) is 4.24. The highest BCUT2D eigenvalue weighted by atomic mass is 16.7. The van der Waals surface area contributed by atoms with E-state index in [9.17, 15) is 15.0 Å². The number of nitrogens with one attached hydrogen (secondary N) is 1. The van der Waals surface area contributed by atoms with Crippen molar-refractivity contribution < 1.29 is 43.8 Å². The van der Waals surface area contributed by atoms with Crippen LogP contribution < -0.4 is 5.32 Å². The second-order valence-corrected chi connectivity index (χ2v) is 7.11. The Morgan fingerprint density at radius 2 is 1.90 bits per heavy atom. The molecule has 0 aromatic heterocycles. The number of rotatable bonds is 16. The van der Waals surface area contributed by atoms with Gasteiger partial charge in [0.1, 0.15) is 19.0 Å². The third-order valence-corrected chi connectivity index (χ3v) is 4.24. The molecule has 1 heterocycles. The summed E-state index contributed by atoms with van der Waals surface area (Å²) >= 11 is 0. The van der Waals surface area contributed by atoms with Crippen LogP contribution in [0.3, 0.4) is 0 Å². The molecule has 29 heavy (non-hydrogen) atoms. The lowest BCUT2D eigenvalue weighted by atomic mass is 10.0. The zero-order chi connectivity index (χ0) is 21.5. The molecule has 1 fully saturated rings. The molecule has 1 amide bonds. The number of amides is 1. The highest BCUT2D eigenvalue weighted by molar-refractivity contribution is 5.75. The van der Waals surface area contributed by atoms with Crippen LogP contribution in [0.4, 0.5) is 0 Å².